The maximum Gasteiger partial charge on any atom is 0.290 e. The van der Waals surface area contributed by atoms with E-state index in [0.29, 0.717) is 18.9 Å². The average Bonchev–Trinajstić information content (AvgIpc) is 2.37. The minimum Gasteiger partial charge on any atom is -0.335 e. The van der Waals surface area contributed by atoms with Crippen molar-refractivity contribution in [3.8, 4) is 0 Å². The molecule has 4 heteroatoms. The molecule has 0 aliphatic carbocycles. The van der Waals surface area contributed by atoms with Crippen LogP contribution in [0.3, 0.4) is 0 Å². The summed E-state index contributed by atoms with van der Waals surface area (Å²) in [5.74, 6) is 1.01. The van der Waals surface area contributed by atoms with E-state index in [-0.39, 0.29) is 11.7 Å². The fourth-order valence-corrected chi connectivity index (χ4v) is 2.18. The van der Waals surface area contributed by atoms with Crippen LogP contribution in [0.15, 0.2) is 0 Å². The van der Waals surface area contributed by atoms with E-state index in [1.165, 1.54) is 0 Å². The number of thioether (sulfide) groups is 1. The van der Waals surface area contributed by atoms with Gasteiger partial charge in [-0.2, -0.15) is 11.8 Å². The minimum absolute atomic E-state index is 0.226. The summed E-state index contributed by atoms with van der Waals surface area (Å²) >= 11 is 1.77. The molecule has 0 radical (unpaired) electrons. The Labute approximate surface area is 82.9 Å². The molecule has 0 spiro atoms. The number of Topliss-reactive ketones (excluding diaryl/α,β-unsaturated/α-hetero) is 1. The fraction of sp³-hybridized carbons (Fsp3) is 0.778. The molecule has 0 aromatic heterocycles. The molecular formula is C9H15NO2S. The first-order valence-corrected chi connectivity index (χ1v) is 5.85. The van der Waals surface area contributed by atoms with Crippen LogP contribution in [0.25, 0.3) is 0 Å². The molecule has 1 amide bonds. The summed E-state index contributed by atoms with van der Waals surface area (Å²) in [6, 6.07) is 0. The number of carbonyl (C=O) groups excluding carboxylic acids is 2. The van der Waals surface area contributed by atoms with Gasteiger partial charge in [0.25, 0.3) is 5.91 Å². The van der Waals surface area contributed by atoms with Crippen molar-refractivity contribution in [3.63, 3.8) is 0 Å². The van der Waals surface area contributed by atoms with Crippen molar-refractivity contribution in [3.05, 3.63) is 0 Å². The molecule has 3 nitrogen and oxygen atoms in total. The highest BCUT2D eigenvalue weighted by molar-refractivity contribution is 7.98. The summed E-state index contributed by atoms with van der Waals surface area (Å²) in [6.45, 7) is 3.45. The van der Waals surface area contributed by atoms with Gasteiger partial charge in [0.1, 0.15) is 0 Å². The molecule has 0 aromatic rings. The zero-order valence-electron chi connectivity index (χ0n) is 8.08. The van der Waals surface area contributed by atoms with Gasteiger partial charge in [0.15, 0.2) is 0 Å². The molecule has 74 valence electrons. The SMILES string of the molecule is CSCC(C)CN1CCC(=O)C1=O. The number of carbonyl (C=O) groups is 2. The molecular weight excluding hydrogens is 186 g/mol. The second-order valence-electron chi connectivity index (χ2n) is 3.48. The van der Waals surface area contributed by atoms with Gasteiger partial charge in [0, 0.05) is 19.5 Å². The van der Waals surface area contributed by atoms with E-state index in [1.807, 2.05) is 6.26 Å². The van der Waals surface area contributed by atoms with Gasteiger partial charge in [-0.15, -0.1) is 0 Å². The molecule has 1 heterocycles. The highest BCUT2D eigenvalue weighted by atomic mass is 32.2. The molecule has 1 fully saturated rings. The van der Waals surface area contributed by atoms with Crippen molar-refractivity contribution in [1.82, 2.24) is 4.90 Å². The van der Waals surface area contributed by atoms with Gasteiger partial charge in [-0.05, 0) is 17.9 Å². The second kappa shape index (κ2) is 4.65. The number of hydrogen-bond acceptors (Lipinski definition) is 3. The lowest BCUT2D eigenvalue weighted by Crippen LogP contribution is -2.32. The lowest BCUT2D eigenvalue weighted by molar-refractivity contribution is -0.140. The minimum atomic E-state index is -0.284. The number of rotatable bonds is 4. The third kappa shape index (κ3) is 2.72. The third-order valence-corrected chi connectivity index (χ3v) is 3.02. The van der Waals surface area contributed by atoms with Gasteiger partial charge < -0.3 is 4.90 Å². The smallest absolute Gasteiger partial charge is 0.290 e. The van der Waals surface area contributed by atoms with Crippen LogP contribution in [0.5, 0.6) is 0 Å². The Bertz CT molecular complexity index is 218. The van der Waals surface area contributed by atoms with Gasteiger partial charge in [-0.25, -0.2) is 0 Å². The zero-order valence-corrected chi connectivity index (χ0v) is 8.89. The standard InChI is InChI=1S/C9H15NO2S/c1-7(6-13-2)5-10-4-3-8(11)9(10)12/h7H,3-6H2,1-2H3. The molecule has 1 saturated heterocycles. The van der Waals surface area contributed by atoms with Gasteiger partial charge >= 0.3 is 0 Å². The Morgan fingerprint density at radius 1 is 1.54 bits per heavy atom. The number of nitrogens with zero attached hydrogens (tertiary/aromatic N) is 1. The van der Waals surface area contributed by atoms with Crippen molar-refractivity contribution in [2.24, 2.45) is 5.92 Å². The summed E-state index contributed by atoms with van der Waals surface area (Å²) < 4.78 is 0. The lowest BCUT2D eigenvalue weighted by Gasteiger charge is -2.18. The summed E-state index contributed by atoms with van der Waals surface area (Å²) in [4.78, 5) is 23.8. The predicted octanol–water partition coefficient (Wildman–Crippen LogP) is 0.787. The van der Waals surface area contributed by atoms with E-state index in [4.69, 9.17) is 0 Å². The molecule has 0 saturated carbocycles. The Morgan fingerprint density at radius 2 is 2.23 bits per heavy atom. The second-order valence-corrected chi connectivity index (χ2v) is 4.40. The fourth-order valence-electron chi connectivity index (χ4n) is 1.51. The lowest BCUT2D eigenvalue weighted by atomic mass is 10.2. The quantitative estimate of drug-likeness (QED) is 0.631. The van der Waals surface area contributed by atoms with Crippen LogP contribution in [0.4, 0.5) is 0 Å². The molecule has 0 aromatic carbocycles. The van der Waals surface area contributed by atoms with Gasteiger partial charge in [0.05, 0.1) is 0 Å². The first-order chi connectivity index (χ1) is 6.15. The summed E-state index contributed by atoms with van der Waals surface area (Å²) in [7, 11) is 0. The van der Waals surface area contributed by atoms with Crippen LogP contribution in [-0.2, 0) is 9.59 Å². The van der Waals surface area contributed by atoms with Crippen LogP contribution in [0.2, 0.25) is 0 Å². The molecule has 13 heavy (non-hydrogen) atoms. The third-order valence-electron chi connectivity index (χ3n) is 2.12. The van der Waals surface area contributed by atoms with Gasteiger partial charge in [0.2, 0.25) is 5.78 Å². The first kappa shape index (κ1) is 10.6. The van der Waals surface area contributed by atoms with E-state index in [2.05, 4.69) is 6.92 Å². The predicted molar refractivity (Wildman–Crippen MR) is 53.8 cm³/mol. The Balaban J connectivity index is 2.37. The zero-order chi connectivity index (χ0) is 9.84. The summed E-state index contributed by atoms with van der Waals surface area (Å²) in [5, 5.41) is 0. The first-order valence-electron chi connectivity index (χ1n) is 4.46. The van der Waals surface area contributed by atoms with Crippen LogP contribution >= 0.6 is 11.8 Å². The van der Waals surface area contributed by atoms with Crippen molar-refractivity contribution >= 4 is 23.5 Å². The monoisotopic (exact) mass is 201 g/mol. The largest absolute Gasteiger partial charge is 0.335 e. The highest BCUT2D eigenvalue weighted by Crippen LogP contribution is 2.12. The van der Waals surface area contributed by atoms with E-state index in [0.717, 1.165) is 12.3 Å². The molecule has 1 atom stereocenters. The normalized spacial score (nSPS) is 19.7. The number of ketones is 1. The Hall–Kier alpha value is -0.510. The van der Waals surface area contributed by atoms with E-state index < -0.39 is 0 Å². The van der Waals surface area contributed by atoms with Crippen LogP contribution in [-0.4, -0.2) is 41.7 Å². The maximum absolute atomic E-state index is 11.2. The number of hydrogen-bond donors (Lipinski definition) is 0. The Kier molecular flexibility index (Phi) is 3.78. The van der Waals surface area contributed by atoms with Crippen molar-refractivity contribution in [1.29, 1.82) is 0 Å². The summed E-state index contributed by atoms with van der Waals surface area (Å²) in [5.41, 5.74) is 0. The topological polar surface area (TPSA) is 37.4 Å². The van der Waals surface area contributed by atoms with Crippen LogP contribution in [0, 0.1) is 5.92 Å². The maximum atomic E-state index is 11.2. The van der Waals surface area contributed by atoms with E-state index in [9.17, 15) is 9.59 Å². The average molecular weight is 201 g/mol. The molecule has 1 rings (SSSR count). The van der Waals surface area contributed by atoms with Crippen LogP contribution in [0.1, 0.15) is 13.3 Å². The molecule has 1 unspecified atom stereocenters. The van der Waals surface area contributed by atoms with Crippen molar-refractivity contribution in [2.75, 3.05) is 25.1 Å². The Morgan fingerprint density at radius 3 is 2.69 bits per heavy atom. The highest BCUT2D eigenvalue weighted by Gasteiger charge is 2.29. The van der Waals surface area contributed by atoms with E-state index in [1.54, 1.807) is 16.7 Å². The molecule has 1 aliphatic heterocycles. The van der Waals surface area contributed by atoms with Crippen molar-refractivity contribution < 1.29 is 9.59 Å². The molecule has 0 N–H and O–H groups in total. The molecule has 0 bridgehead atoms. The van der Waals surface area contributed by atoms with Crippen molar-refractivity contribution in [2.45, 2.75) is 13.3 Å². The van der Waals surface area contributed by atoms with Gasteiger partial charge in [-0.1, -0.05) is 6.92 Å². The number of amides is 1. The molecule has 1 aliphatic rings. The van der Waals surface area contributed by atoms with Gasteiger partial charge in [-0.3, -0.25) is 9.59 Å². The van der Waals surface area contributed by atoms with E-state index >= 15 is 0 Å². The summed E-state index contributed by atoms with van der Waals surface area (Å²) in [6.07, 6.45) is 2.46. The number of likely N-dealkylation sites (tertiary alicyclic amines) is 1. The van der Waals surface area contributed by atoms with Crippen LogP contribution < -0.4 is 0 Å².